The SMILES string of the molecule is NC(=O)c1ccc2nc(-c3ccc(CC4CCOCC4)cc3)[nH]c2c1. The highest BCUT2D eigenvalue weighted by molar-refractivity contribution is 5.96. The molecule has 0 spiro atoms. The summed E-state index contributed by atoms with van der Waals surface area (Å²) in [6, 6.07) is 13.8. The predicted octanol–water partition coefficient (Wildman–Crippen LogP) is 3.30. The molecule has 3 aromatic rings. The van der Waals surface area contributed by atoms with Gasteiger partial charge in [-0.05, 0) is 48.9 Å². The highest BCUT2D eigenvalue weighted by atomic mass is 16.5. The van der Waals surface area contributed by atoms with Crippen molar-refractivity contribution in [1.82, 2.24) is 9.97 Å². The zero-order valence-corrected chi connectivity index (χ0v) is 14.0. The summed E-state index contributed by atoms with van der Waals surface area (Å²) < 4.78 is 5.42. The third-order valence-corrected chi connectivity index (χ3v) is 4.86. The van der Waals surface area contributed by atoms with Gasteiger partial charge in [0.1, 0.15) is 5.82 Å². The van der Waals surface area contributed by atoms with Crippen LogP contribution in [0.3, 0.4) is 0 Å². The highest BCUT2D eigenvalue weighted by Crippen LogP contribution is 2.24. The molecule has 0 atom stereocenters. The molecule has 5 heteroatoms. The third kappa shape index (κ3) is 3.42. The number of hydrogen-bond donors (Lipinski definition) is 2. The molecule has 1 amide bonds. The van der Waals surface area contributed by atoms with Gasteiger partial charge in [-0.25, -0.2) is 4.98 Å². The van der Waals surface area contributed by atoms with Gasteiger partial charge in [0.15, 0.2) is 0 Å². The summed E-state index contributed by atoms with van der Waals surface area (Å²) >= 11 is 0. The summed E-state index contributed by atoms with van der Waals surface area (Å²) in [7, 11) is 0. The molecule has 1 fully saturated rings. The smallest absolute Gasteiger partial charge is 0.248 e. The van der Waals surface area contributed by atoms with E-state index in [0.717, 1.165) is 60.8 Å². The number of rotatable bonds is 4. The fourth-order valence-electron chi connectivity index (χ4n) is 3.38. The number of nitrogens with zero attached hydrogens (tertiary/aromatic N) is 1. The predicted molar refractivity (Wildman–Crippen MR) is 97.3 cm³/mol. The second kappa shape index (κ2) is 6.69. The monoisotopic (exact) mass is 335 g/mol. The number of nitrogens with two attached hydrogens (primary N) is 1. The molecule has 2 heterocycles. The van der Waals surface area contributed by atoms with Crippen LogP contribution >= 0.6 is 0 Å². The van der Waals surface area contributed by atoms with Crippen molar-refractivity contribution in [3.63, 3.8) is 0 Å². The van der Waals surface area contributed by atoms with Crippen molar-refractivity contribution in [3.05, 3.63) is 53.6 Å². The minimum Gasteiger partial charge on any atom is -0.381 e. The Labute approximate surface area is 146 Å². The average Bonchev–Trinajstić information content (AvgIpc) is 3.06. The number of benzene rings is 2. The highest BCUT2D eigenvalue weighted by Gasteiger charge is 2.14. The summed E-state index contributed by atoms with van der Waals surface area (Å²) in [4.78, 5) is 19.2. The maximum Gasteiger partial charge on any atom is 0.248 e. The van der Waals surface area contributed by atoms with Gasteiger partial charge in [-0.15, -0.1) is 0 Å². The number of imidazole rings is 1. The number of primary amides is 1. The van der Waals surface area contributed by atoms with Crippen molar-refractivity contribution in [2.75, 3.05) is 13.2 Å². The molecule has 5 nitrogen and oxygen atoms in total. The molecular formula is C20H21N3O2. The van der Waals surface area contributed by atoms with Crippen molar-refractivity contribution in [3.8, 4) is 11.4 Å². The number of hydrogen-bond acceptors (Lipinski definition) is 3. The van der Waals surface area contributed by atoms with Gasteiger partial charge in [0.2, 0.25) is 5.91 Å². The van der Waals surface area contributed by atoms with Gasteiger partial charge in [-0.1, -0.05) is 24.3 Å². The van der Waals surface area contributed by atoms with Gasteiger partial charge >= 0.3 is 0 Å². The van der Waals surface area contributed by atoms with E-state index < -0.39 is 5.91 Å². The molecule has 0 radical (unpaired) electrons. The first kappa shape index (κ1) is 15.8. The largest absolute Gasteiger partial charge is 0.381 e. The van der Waals surface area contributed by atoms with Crippen LogP contribution in [0.2, 0.25) is 0 Å². The fraction of sp³-hybridized carbons (Fsp3) is 0.300. The Kier molecular flexibility index (Phi) is 4.24. The summed E-state index contributed by atoms with van der Waals surface area (Å²) in [5.41, 5.74) is 9.84. The summed E-state index contributed by atoms with van der Waals surface area (Å²) in [6.45, 7) is 1.77. The topological polar surface area (TPSA) is 81.0 Å². The van der Waals surface area contributed by atoms with E-state index in [1.54, 1.807) is 12.1 Å². The van der Waals surface area contributed by atoms with E-state index in [-0.39, 0.29) is 0 Å². The maximum absolute atomic E-state index is 11.3. The van der Waals surface area contributed by atoms with Crippen molar-refractivity contribution >= 4 is 16.9 Å². The van der Waals surface area contributed by atoms with Crippen LogP contribution in [0.25, 0.3) is 22.4 Å². The van der Waals surface area contributed by atoms with Crippen LogP contribution in [0.1, 0.15) is 28.8 Å². The van der Waals surface area contributed by atoms with Crippen LogP contribution in [0.4, 0.5) is 0 Å². The zero-order chi connectivity index (χ0) is 17.2. The minimum absolute atomic E-state index is 0.435. The standard InChI is InChI=1S/C20H21N3O2/c21-19(24)16-5-6-17-18(12-16)23-20(22-17)15-3-1-13(2-4-15)11-14-7-9-25-10-8-14/h1-6,12,14H,7-11H2,(H2,21,24)(H,22,23). The number of ether oxygens (including phenoxy) is 1. The van der Waals surface area contributed by atoms with Gasteiger partial charge in [0, 0.05) is 24.3 Å². The van der Waals surface area contributed by atoms with Crippen LogP contribution in [0.15, 0.2) is 42.5 Å². The van der Waals surface area contributed by atoms with E-state index in [9.17, 15) is 4.79 Å². The van der Waals surface area contributed by atoms with Crippen molar-refractivity contribution in [2.45, 2.75) is 19.3 Å². The molecule has 128 valence electrons. The van der Waals surface area contributed by atoms with Crippen LogP contribution in [-0.2, 0) is 11.2 Å². The summed E-state index contributed by atoms with van der Waals surface area (Å²) in [5.74, 6) is 1.09. The summed E-state index contributed by atoms with van der Waals surface area (Å²) in [5, 5.41) is 0. The minimum atomic E-state index is -0.435. The van der Waals surface area contributed by atoms with E-state index in [0.29, 0.717) is 5.56 Å². The molecule has 0 saturated carbocycles. The molecule has 4 rings (SSSR count). The Morgan fingerprint density at radius 2 is 1.92 bits per heavy atom. The van der Waals surface area contributed by atoms with Gasteiger partial charge in [0.05, 0.1) is 11.0 Å². The van der Waals surface area contributed by atoms with Crippen molar-refractivity contribution in [1.29, 1.82) is 0 Å². The Balaban J connectivity index is 1.55. The van der Waals surface area contributed by atoms with E-state index in [4.69, 9.17) is 10.5 Å². The second-order valence-corrected chi connectivity index (χ2v) is 6.64. The number of carbonyl (C=O) groups excluding carboxylic acids is 1. The average molecular weight is 335 g/mol. The molecule has 25 heavy (non-hydrogen) atoms. The molecule has 3 N–H and O–H groups in total. The van der Waals surface area contributed by atoms with Gasteiger partial charge in [0.25, 0.3) is 0 Å². The molecule has 0 unspecified atom stereocenters. The number of nitrogens with one attached hydrogen (secondary N) is 1. The van der Waals surface area contributed by atoms with E-state index in [1.165, 1.54) is 5.56 Å². The van der Waals surface area contributed by atoms with Gasteiger partial charge < -0.3 is 15.5 Å². The molecule has 0 aliphatic carbocycles. The Hall–Kier alpha value is -2.66. The summed E-state index contributed by atoms with van der Waals surface area (Å²) in [6.07, 6.45) is 3.40. The van der Waals surface area contributed by atoms with Crippen LogP contribution < -0.4 is 5.73 Å². The maximum atomic E-state index is 11.3. The molecule has 1 saturated heterocycles. The fourth-order valence-corrected chi connectivity index (χ4v) is 3.38. The first-order chi connectivity index (χ1) is 12.2. The van der Waals surface area contributed by atoms with Crippen LogP contribution in [0.5, 0.6) is 0 Å². The lowest BCUT2D eigenvalue weighted by Crippen LogP contribution is -2.17. The number of H-pyrrole nitrogens is 1. The number of fused-ring (bicyclic) bond motifs is 1. The Morgan fingerprint density at radius 3 is 2.64 bits per heavy atom. The van der Waals surface area contributed by atoms with E-state index >= 15 is 0 Å². The molecule has 2 aromatic carbocycles. The third-order valence-electron chi connectivity index (χ3n) is 4.86. The zero-order valence-electron chi connectivity index (χ0n) is 14.0. The quantitative estimate of drug-likeness (QED) is 0.767. The normalized spacial score (nSPS) is 15.5. The lowest BCUT2D eigenvalue weighted by molar-refractivity contribution is 0.0665. The first-order valence-corrected chi connectivity index (χ1v) is 8.66. The molecule has 1 aliphatic rings. The van der Waals surface area contributed by atoms with E-state index in [1.807, 2.05) is 6.07 Å². The van der Waals surface area contributed by atoms with Crippen molar-refractivity contribution in [2.24, 2.45) is 11.7 Å². The van der Waals surface area contributed by atoms with Crippen LogP contribution in [0, 0.1) is 5.92 Å². The molecule has 1 aromatic heterocycles. The first-order valence-electron chi connectivity index (χ1n) is 8.66. The number of carbonyl (C=O) groups is 1. The van der Waals surface area contributed by atoms with Gasteiger partial charge in [-0.3, -0.25) is 4.79 Å². The number of amides is 1. The molecule has 1 aliphatic heterocycles. The Morgan fingerprint density at radius 1 is 1.16 bits per heavy atom. The molecule has 0 bridgehead atoms. The number of aromatic nitrogens is 2. The van der Waals surface area contributed by atoms with E-state index in [2.05, 4.69) is 34.2 Å². The number of aromatic amines is 1. The second-order valence-electron chi connectivity index (χ2n) is 6.64. The lowest BCUT2D eigenvalue weighted by atomic mass is 9.92. The van der Waals surface area contributed by atoms with Crippen molar-refractivity contribution < 1.29 is 9.53 Å². The van der Waals surface area contributed by atoms with Crippen LogP contribution in [-0.4, -0.2) is 29.1 Å². The Bertz CT molecular complexity index is 893. The van der Waals surface area contributed by atoms with Gasteiger partial charge in [-0.2, -0.15) is 0 Å². The lowest BCUT2D eigenvalue weighted by Gasteiger charge is -2.21. The molecular weight excluding hydrogens is 314 g/mol.